The van der Waals surface area contributed by atoms with Gasteiger partial charge in [-0.3, -0.25) is 0 Å². The second-order valence-corrected chi connectivity index (χ2v) is 8.01. The van der Waals surface area contributed by atoms with E-state index in [4.69, 9.17) is 9.47 Å². The lowest BCUT2D eigenvalue weighted by molar-refractivity contribution is 0.267. The SMILES string of the molecule is CCOc1cc(CNC(C)(C)C)cc(Br)c1OCc1ccccc1C. The summed E-state index contributed by atoms with van der Waals surface area (Å²) in [7, 11) is 0. The van der Waals surface area contributed by atoms with E-state index in [0.29, 0.717) is 13.2 Å². The summed E-state index contributed by atoms with van der Waals surface area (Å²) in [5.74, 6) is 1.53. The molecular weight excluding hydrogens is 378 g/mol. The van der Waals surface area contributed by atoms with Crippen LogP contribution in [0.3, 0.4) is 0 Å². The molecule has 0 atom stereocenters. The normalized spacial score (nSPS) is 11.4. The van der Waals surface area contributed by atoms with Crippen molar-refractivity contribution < 1.29 is 9.47 Å². The van der Waals surface area contributed by atoms with E-state index < -0.39 is 0 Å². The highest BCUT2D eigenvalue weighted by molar-refractivity contribution is 9.10. The minimum Gasteiger partial charge on any atom is -0.490 e. The molecule has 0 aliphatic heterocycles. The van der Waals surface area contributed by atoms with Gasteiger partial charge in [-0.15, -0.1) is 0 Å². The van der Waals surface area contributed by atoms with Crippen molar-refractivity contribution in [3.8, 4) is 11.5 Å². The van der Waals surface area contributed by atoms with Crippen molar-refractivity contribution in [1.29, 1.82) is 0 Å². The van der Waals surface area contributed by atoms with Gasteiger partial charge in [0.15, 0.2) is 11.5 Å². The monoisotopic (exact) mass is 405 g/mol. The molecule has 2 aromatic carbocycles. The van der Waals surface area contributed by atoms with Crippen molar-refractivity contribution in [2.75, 3.05) is 6.61 Å². The van der Waals surface area contributed by atoms with Crippen molar-refractivity contribution in [2.24, 2.45) is 0 Å². The number of hydrogen-bond donors (Lipinski definition) is 1. The molecule has 0 radical (unpaired) electrons. The molecule has 0 saturated carbocycles. The van der Waals surface area contributed by atoms with Gasteiger partial charge in [-0.05, 0) is 79.4 Å². The summed E-state index contributed by atoms with van der Waals surface area (Å²) in [4.78, 5) is 0. The topological polar surface area (TPSA) is 30.5 Å². The van der Waals surface area contributed by atoms with Crippen LogP contribution in [0.1, 0.15) is 44.4 Å². The number of nitrogens with one attached hydrogen (secondary N) is 1. The van der Waals surface area contributed by atoms with Crippen molar-refractivity contribution in [3.63, 3.8) is 0 Å². The van der Waals surface area contributed by atoms with Crippen LogP contribution < -0.4 is 14.8 Å². The summed E-state index contributed by atoms with van der Waals surface area (Å²) in [6.45, 7) is 12.5. The third-order valence-electron chi connectivity index (χ3n) is 3.83. The average molecular weight is 406 g/mol. The number of hydrogen-bond acceptors (Lipinski definition) is 3. The van der Waals surface area contributed by atoms with Crippen LogP contribution in [0.5, 0.6) is 11.5 Å². The van der Waals surface area contributed by atoms with Crippen LogP contribution >= 0.6 is 15.9 Å². The Hall–Kier alpha value is -1.52. The molecule has 2 aromatic rings. The molecule has 0 fully saturated rings. The second-order valence-electron chi connectivity index (χ2n) is 7.16. The molecule has 1 N–H and O–H groups in total. The van der Waals surface area contributed by atoms with Gasteiger partial charge < -0.3 is 14.8 Å². The van der Waals surface area contributed by atoms with E-state index in [1.54, 1.807) is 0 Å². The Bertz CT molecular complexity index is 708. The Morgan fingerprint density at radius 1 is 1.08 bits per heavy atom. The third-order valence-corrected chi connectivity index (χ3v) is 4.41. The summed E-state index contributed by atoms with van der Waals surface area (Å²) in [6.07, 6.45) is 0. The molecule has 0 saturated heterocycles. The molecule has 0 aliphatic carbocycles. The first kappa shape index (κ1) is 19.8. The van der Waals surface area contributed by atoms with Crippen LogP contribution in [0.4, 0.5) is 0 Å². The standard InChI is InChI=1S/C21H28BrNO2/c1-6-24-19-12-16(13-23-21(3,4)5)11-18(22)20(19)25-14-17-10-8-7-9-15(17)2/h7-12,23H,6,13-14H2,1-5H3. The van der Waals surface area contributed by atoms with Crippen molar-refractivity contribution in [3.05, 3.63) is 57.6 Å². The zero-order valence-electron chi connectivity index (χ0n) is 15.8. The van der Waals surface area contributed by atoms with Crippen LogP contribution in [0, 0.1) is 6.92 Å². The Morgan fingerprint density at radius 2 is 1.80 bits per heavy atom. The summed E-state index contributed by atoms with van der Waals surface area (Å²) in [5.41, 5.74) is 3.63. The van der Waals surface area contributed by atoms with Crippen molar-refractivity contribution in [1.82, 2.24) is 5.32 Å². The van der Waals surface area contributed by atoms with E-state index in [1.807, 2.05) is 19.1 Å². The minimum atomic E-state index is 0.0677. The highest BCUT2D eigenvalue weighted by Gasteiger charge is 2.15. The van der Waals surface area contributed by atoms with E-state index in [1.165, 1.54) is 11.1 Å². The van der Waals surface area contributed by atoms with Gasteiger partial charge in [0.1, 0.15) is 6.61 Å². The average Bonchev–Trinajstić information content (AvgIpc) is 2.53. The summed E-state index contributed by atoms with van der Waals surface area (Å²) >= 11 is 3.65. The van der Waals surface area contributed by atoms with Gasteiger partial charge in [0.2, 0.25) is 0 Å². The maximum atomic E-state index is 6.10. The first-order chi connectivity index (χ1) is 11.8. The number of rotatable bonds is 7. The van der Waals surface area contributed by atoms with Crippen LogP contribution in [0.15, 0.2) is 40.9 Å². The largest absolute Gasteiger partial charge is 0.490 e. The van der Waals surface area contributed by atoms with E-state index in [-0.39, 0.29) is 5.54 Å². The Labute approximate surface area is 159 Å². The quantitative estimate of drug-likeness (QED) is 0.647. The Morgan fingerprint density at radius 3 is 2.44 bits per heavy atom. The Balaban J connectivity index is 2.20. The summed E-state index contributed by atoms with van der Waals surface area (Å²) in [6, 6.07) is 12.4. The zero-order valence-corrected chi connectivity index (χ0v) is 17.4. The van der Waals surface area contributed by atoms with Gasteiger partial charge in [-0.25, -0.2) is 0 Å². The van der Waals surface area contributed by atoms with E-state index in [2.05, 4.69) is 73.2 Å². The fraction of sp³-hybridized carbons (Fsp3) is 0.429. The maximum absolute atomic E-state index is 6.10. The molecule has 0 spiro atoms. The van der Waals surface area contributed by atoms with Gasteiger partial charge in [-0.2, -0.15) is 0 Å². The predicted octanol–water partition coefficient (Wildman–Crippen LogP) is 5.62. The Kier molecular flexibility index (Phi) is 6.91. The minimum absolute atomic E-state index is 0.0677. The molecular formula is C21H28BrNO2. The van der Waals surface area contributed by atoms with E-state index >= 15 is 0 Å². The molecule has 0 amide bonds. The van der Waals surface area contributed by atoms with E-state index in [9.17, 15) is 0 Å². The number of ether oxygens (including phenoxy) is 2. The molecule has 0 unspecified atom stereocenters. The molecule has 3 nitrogen and oxygen atoms in total. The highest BCUT2D eigenvalue weighted by Crippen LogP contribution is 2.37. The van der Waals surface area contributed by atoms with Gasteiger partial charge in [0.25, 0.3) is 0 Å². The predicted molar refractivity (Wildman–Crippen MR) is 107 cm³/mol. The van der Waals surface area contributed by atoms with Gasteiger partial charge in [0.05, 0.1) is 11.1 Å². The molecule has 2 rings (SSSR count). The van der Waals surface area contributed by atoms with E-state index in [0.717, 1.165) is 28.1 Å². The highest BCUT2D eigenvalue weighted by atomic mass is 79.9. The molecule has 136 valence electrons. The number of aryl methyl sites for hydroxylation is 1. The fourth-order valence-corrected chi connectivity index (χ4v) is 3.02. The first-order valence-electron chi connectivity index (χ1n) is 8.67. The molecule has 25 heavy (non-hydrogen) atoms. The number of benzene rings is 2. The zero-order chi connectivity index (χ0) is 18.4. The molecule has 4 heteroatoms. The first-order valence-corrected chi connectivity index (χ1v) is 9.47. The van der Waals surface area contributed by atoms with Crippen LogP contribution in [0.25, 0.3) is 0 Å². The van der Waals surface area contributed by atoms with Gasteiger partial charge in [-0.1, -0.05) is 24.3 Å². The maximum Gasteiger partial charge on any atom is 0.175 e. The summed E-state index contributed by atoms with van der Waals surface area (Å²) < 4.78 is 12.8. The lowest BCUT2D eigenvalue weighted by atomic mass is 10.1. The van der Waals surface area contributed by atoms with Crippen LogP contribution in [-0.4, -0.2) is 12.1 Å². The van der Waals surface area contributed by atoms with Crippen LogP contribution in [-0.2, 0) is 13.2 Å². The van der Waals surface area contributed by atoms with Crippen LogP contribution in [0.2, 0.25) is 0 Å². The summed E-state index contributed by atoms with van der Waals surface area (Å²) in [5, 5.41) is 3.50. The van der Waals surface area contributed by atoms with Gasteiger partial charge >= 0.3 is 0 Å². The molecule has 0 aromatic heterocycles. The molecule has 0 bridgehead atoms. The lowest BCUT2D eigenvalue weighted by Crippen LogP contribution is -2.35. The molecule has 0 heterocycles. The lowest BCUT2D eigenvalue weighted by Gasteiger charge is -2.22. The van der Waals surface area contributed by atoms with Crippen molar-refractivity contribution >= 4 is 15.9 Å². The fourth-order valence-electron chi connectivity index (χ4n) is 2.42. The smallest absolute Gasteiger partial charge is 0.175 e. The van der Waals surface area contributed by atoms with Gasteiger partial charge in [0, 0.05) is 12.1 Å². The third kappa shape index (κ3) is 6.05. The number of halogens is 1. The molecule has 0 aliphatic rings. The second kappa shape index (κ2) is 8.72. The van der Waals surface area contributed by atoms with Crippen molar-refractivity contribution in [2.45, 2.75) is 53.3 Å².